The van der Waals surface area contributed by atoms with Gasteiger partial charge in [0.15, 0.2) is 11.6 Å². The van der Waals surface area contributed by atoms with Crippen molar-refractivity contribution in [2.24, 2.45) is 0 Å². The van der Waals surface area contributed by atoms with Gasteiger partial charge in [-0.25, -0.2) is 14.8 Å². The maximum atomic E-state index is 12.2. The zero-order valence-electron chi connectivity index (χ0n) is 17.8. The Morgan fingerprint density at radius 2 is 2.10 bits per heavy atom. The molecule has 9 nitrogen and oxygen atoms in total. The molecule has 2 aliphatic rings. The SMILES string of the molecule is CC(C)OC(=O)N1CCC(N2CCCOc3c(Nc4ccncc4Cl)ncnc32)CC1. The Bertz CT molecular complexity index is 920. The highest BCUT2D eigenvalue weighted by molar-refractivity contribution is 6.33. The molecular formula is C21H27ClN6O3. The van der Waals surface area contributed by atoms with E-state index in [4.69, 9.17) is 21.1 Å². The number of rotatable bonds is 4. The molecule has 0 atom stereocenters. The van der Waals surface area contributed by atoms with Crippen LogP contribution in [0, 0.1) is 0 Å². The van der Waals surface area contributed by atoms with E-state index in [1.54, 1.807) is 23.4 Å². The van der Waals surface area contributed by atoms with Crippen LogP contribution >= 0.6 is 11.6 Å². The summed E-state index contributed by atoms with van der Waals surface area (Å²) in [5.41, 5.74) is 0.703. The largest absolute Gasteiger partial charge is 0.486 e. The Balaban J connectivity index is 1.52. The molecule has 1 saturated heterocycles. The number of carbonyl (C=O) groups is 1. The maximum absolute atomic E-state index is 12.2. The number of carbonyl (C=O) groups excluding carboxylic acids is 1. The number of halogens is 1. The first-order valence-corrected chi connectivity index (χ1v) is 11.0. The number of piperidine rings is 1. The third-order valence-electron chi connectivity index (χ3n) is 5.37. The molecule has 10 heteroatoms. The smallest absolute Gasteiger partial charge is 0.410 e. The summed E-state index contributed by atoms with van der Waals surface area (Å²) >= 11 is 6.25. The van der Waals surface area contributed by atoms with Gasteiger partial charge in [-0.05, 0) is 39.2 Å². The lowest BCUT2D eigenvalue weighted by Gasteiger charge is -2.38. The lowest BCUT2D eigenvalue weighted by atomic mass is 10.0. The van der Waals surface area contributed by atoms with E-state index in [0.29, 0.717) is 42.0 Å². The molecule has 0 aromatic carbocycles. The normalized spacial score (nSPS) is 17.0. The van der Waals surface area contributed by atoms with Crippen molar-refractivity contribution < 1.29 is 14.3 Å². The van der Waals surface area contributed by atoms with Crippen LogP contribution in [-0.4, -0.2) is 64.3 Å². The van der Waals surface area contributed by atoms with Crippen LogP contribution in [0.4, 0.5) is 22.1 Å². The summed E-state index contributed by atoms with van der Waals surface area (Å²) in [5.74, 6) is 1.96. The van der Waals surface area contributed by atoms with E-state index in [1.807, 2.05) is 13.8 Å². The van der Waals surface area contributed by atoms with Gasteiger partial charge in [0.25, 0.3) is 0 Å². The van der Waals surface area contributed by atoms with Gasteiger partial charge in [0.1, 0.15) is 6.33 Å². The Morgan fingerprint density at radius 1 is 1.29 bits per heavy atom. The monoisotopic (exact) mass is 446 g/mol. The molecule has 4 heterocycles. The first-order valence-electron chi connectivity index (χ1n) is 10.6. The number of aromatic nitrogens is 3. The van der Waals surface area contributed by atoms with Crippen molar-refractivity contribution in [2.45, 2.75) is 45.3 Å². The fourth-order valence-electron chi connectivity index (χ4n) is 3.90. The van der Waals surface area contributed by atoms with E-state index in [1.165, 1.54) is 6.33 Å². The summed E-state index contributed by atoms with van der Waals surface area (Å²) in [5, 5.41) is 3.75. The second-order valence-electron chi connectivity index (χ2n) is 7.90. The first kappa shape index (κ1) is 21.4. The van der Waals surface area contributed by atoms with Gasteiger partial charge in [0.2, 0.25) is 5.75 Å². The van der Waals surface area contributed by atoms with E-state index < -0.39 is 0 Å². The molecule has 0 unspecified atom stereocenters. The molecule has 166 valence electrons. The first-order chi connectivity index (χ1) is 15.0. The molecular weight excluding hydrogens is 420 g/mol. The van der Waals surface area contributed by atoms with Crippen molar-refractivity contribution >= 4 is 35.0 Å². The topological polar surface area (TPSA) is 92.7 Å². The standard InChI is InChI=1S/C21H27ClN6O3/c1-14(2)31-21(29)27-9-5-15(6-10-27)28-8-3-11-30-18-19(24-13-25-20(18)28)26-17-4-7-23-12-16(17)22/h4,7,12-15H,3,5-6,8-11H2,1-2H3,(H,23,24,25,26). The zero-order chi connectivity index (χ0) is 21.8. The molecule has 1 amide bonds. The minimum absolute atomic E-state index is 0.114. The summed E-state index contributed by atoms with van der Waals surface area (Å²) in [7, 11) is 0. The highest BCUT2D eigenvalue weighted by Gasteiger charge is 2.32. The number of likely N-dealkylation sites (tertiary alicyclic amines) is 1. The number of ether oxygens (including phenoxy) is 2. The Kier molecular flexibility index (Phi) is 6.60. The molecule has 1 fully saturated rings. The van der Waals surface area contributed by atoms with Crippen molar-refractivity contribution in [1.29, 1.82) is 0 Å². The molecule has 0 radical (unpaired) electrons. The van der Waals surface area contributed by atoms with Crippen LogP contribution in [0.5, 0.6) is 5.75 Å². The van der Waals surface area contributed by atoms with Crippen molar-refractivity contribution in [3.8, 4) is 5.75 Å². The number of pyridine rings is 1. The molecule has 2 aliphatic heterocycles. The molecule has 2 aromatic heterocycles. The molecule has 0 aliphatic carbocycles. The third kappa shape index (κ3) is 4.92. The number of hydrogen-bond donors (Lipinski definition) is 1. The van der Waals surface area contributed by atoms with E-state index in [2.05, 4.69) is 25.2 Å². The van der Waals surface area contributed by atoms with Gasteiger partial charge in [-0.3, -0.25) is 4.98 Å². The second-order valence-corrected chi connectivity index (χ2v) is 8.31. The van der Waals surface area contributed by atoms with Gasteiger partial charge in [-0.1, -0.05) is 11.6 Å². The Hall–Kier alpha value is -2.81. The van der Waals surface area contributed by atoms with E-state index >= 15 is 0 Å². The third-order valence-corrected chi connectivity index (χ3v) is 5.67. The lowest BCUT2D eigenvalue weighted by molar-refractivity contribution is 0.0690. The highest BCUT2D eigenvalue weighted by atomic mass is 35.5. The van der Waals surface area contributed by atoms with Crippen LogP contribution in [0.2, 0.25) is 5.02 Å². The van der Waals surface area contributed by atoms with Crippen LogP contribution in [-0.2, 0) is 4.74 Å². The van der Waals surface area contributed by atoms with Gasteiger partial charge < -0.3 is 24.6 Å². The molecule has 31 heavy (non-hydrogen) atoms. The fraction of sp³-hybridized carbons (Fsp3) is 0.524. The summed E-state index contributed by atoms with van der Waals surface area (Å²) < 4.78 is 11.4. The van der Waals surface area contributed by atoms with Gasteiger partial charge in [0.05, 0.1) is 23.4 Å². The molecule has 0 saturated carbocycles. The molecule has 1 N–H and O–H groups in total. The van der Waals surface area contributed by atoms with Crippen LogP contribution < -0.4 is 15.0 Å². The predicted octanol–water partition coefficient (Wildman–Crippen LogP) is 3.87. The average Bonchev–Trinajstić information content (AvgIpc) is 2.98. The van der Waals surface area contributed by atoms with Crippen LogP contribution in [0.3, 0.4) is 0 Å². The van der Waals surface area contributed by atoms with Gasteiger partial charge >= 0.3 is 6.09 Å². The van der Waals surface area contributed by atoms with Crippen LogP contribution in [0.15, 0.2) is 24.8 Å². The van der Waals surface area contributed by atoms with Gasteiger partial charge in [-0.15, -0.1) is 0 Å². The molecule has 4 rings (SSSR count). The summed E-state index contributed by atoms with van der Waals surface area (Å²) in [6.07, 6.45) is 6.99. The van der Waals surface area contributed by atoms with Gasteiger partial charge in [0, 0.05) is 38.1 Å². The van der Waals surface area contributed by atoms with Crippen molar-refractivity contribution in [3.05, 3.63) is 29.8 Å². The van der Waals surface area contributed by atoms with Gasteiger partial charge in [-0.2, -0.15) is 0 Å². The Labute approximate surface area is 186 Å². The van der Waals surface area contributed by atoms with Crippen LogP contribution in [0.1, 0.15) is 33.1 Å². The quantitative estimate of drug-likeness (QED) is 0.756. The maximum Gasteiger partial charge on any atom is 0.410 e. The minimum atomic E-state index is -0.240. The summed E-state index contributed by atoms with van der Waals surface area (Å²) in [6.45, 7) is 6.46. The highest BCUT2D eigenvalue weighted by Crippen LogP contribution is 2.38. The number of nitrogens with zero attached hydrogens (tertiary/aromatic N) is 5. The van der Waals surface area contributed by atoms with E-state index in [0.717, 1.165) is 31.6 Å². The second kappa shape index (κ2) is 9.55. The average molecular weight is 447 g/mol. The summed E-state index contributed by atoms with van der Waals surface area (Å²) in [6, 6.07) is 2.05. The van der Waals surface area contributed by atoms with Crippen LogP contribution in [0.25, 0.3) is 0 Å². The number of amides is 1. The number of anilines is 3. The molecule has 0 spiro atoms. The lowest BCUT2D eigenvalue weighted by Crippen LogP contribution is -2.47. The number of fused-ring (bicyclic) bond motifs is 1. The number of hydrogen-bond acceptors (Lipinski definition) is 8. The molecule has 2 aromatic rings. The minimum Gasteiger partial charge on any atom is -0.486 e. The zero-order valence-corrected chi connectivity index (χ0v) is 18.5. The predicted molar refractivity (Wildman–Crippen MR) is 118 cm³/mol. The Morgan fingerprint density at radius 3 is 2.84 bits per heavy atom. The van der Waals surface area contributed by atoms with E-state index in [9.17, 15) is 4.79 Å². The number of nitrogens with one attached hydrogen (secondary N) is 1. The fourth-order valence-corrected chi connectivity index (χ4v) is 4.07. The van der Waals surface area contributed by atoms with Crippen molar-refractivity contribution in [2.75, 3.05) is 36.5 Å². The van der Waals surface area contributed by atoms with Crippen molar-refractivity contribution in [1.82, 2.24) is 19.9 Å². The van der Waals surface area contributed by atoms with E-state index in [-0.39, 0.29) is 18.2 Å². The molecule has 0 bridgehead atoms. The van der Waals surface area contributed by atoms with Crippen molar-refractivity contribution in [3.63, 3.8) is 0 Å². The summed E-state index contributed by atoms with van der Waals surface area (Å²) in [4.78, 5) is 29.2.